The summed E-state index contributed by atoms with van der Waals surface area (Å²) in [5.74, 6) is 1.30. The highest BCUT2D eigenvalue weighted by Gasteiger charge is 2.03. The van der Waals surface area contributed by atoms with Crippen LogP contribution in [0.2, 0.25) is 0 Å². The zero-order valence-corrected chi connectivity index (χ0v) is 16.3. The largest absolute Gasteiger partial charge is 0.380 e. The van der Waals surface area contributed by atoms with Crippen LogP contribution in [-0.2, 0) is 9.53 Å². The molecule has 7 heteroatoms. The minimum Gasteiger partial charge on any atom is -0.380 e. The van der Waals surface area contributed by atoms with Crippen LogP contribution < -0.4 is 10.6 Å². The first-order chi connectivity index (χ1) is 9.47. The summed E-state index contributed by atoms with van der Waals surface area (Å²) in [6.07, 6.45) is 1.07. The van der Waals surface area contributed by atoms with Crippen LogP contribution in [0.15, 0.2) is 4.99 Å². The number of nitrogens with one attached hydrogen (secondary N) is 2. The molecule has 0 saturated heterocycles. The maximum absolute atomic E-state index is 11.5. The molecule has 126 valence electrons. The molecule has 0 radical (unpaired) electrons. The standard InChI is InChI=1S/C14H30N4O2.HI/c1-6-15-14(17-11-13(19)18(4)5)16-8-10-20-9-7-12(2)3;/h12H,6-11H2,1-5H3,(H2,15,16,17);1H. The van der Waals surface area contributed by atoms with Crippen LogP contribution in [0, 0.1) is 5.92 Å². The number of carbonyl (C=O) groups is 1. The van der Waals surface area contributed by atoms with Crippen molar-refractivity contribution in [3.63, 3.8) is 0 Å². The molecule has 1 amide bonds. The Kier molecular flexibility index (Phi) is 15.5. The van der Waals surface area contributed by atoms with Gasteiger partial charge in [-0.05, 0) is 19.3 Å². The van der Waals surface area contributed by atoms with Crippen LogP contribution in [0.4, 0.5) is 0 Å². The van der Waals surface area contributed by atoms with E-state index in [0.717, 1.165) is 19.6 Å². The molecule has 0 aliphatic carbocycles. The molecule has 0 rings (SSSR count). The van der Waals surface area contributed by atoms with E-state index in [9.17, 15) is 4.79 Å². The third-order valence-electron chi connectivity index (χ3n) is 2.59. The van der Waals surface area contributed by atoms with Gasteiger partial charge in [-0.25, -0.2) is 4.99 Å². The number of rotatable bonds is 9. The molecule has 0 fully saturated rings. The number of aliphatic imine (C=N–C) groups is 1. The molecule has 0 aromatic heterocycles. The predicted molar refractivity (Wildman–Crippen MR) is 98.4 cm³/mol. The van der Waals surface area contributed by atoms with Crippen molar-refractivity contribution in [3.8, 4) is 0 Å². The molecule has 0 unspecified atom stereocenters. The van der Waals surface area contributed by atoms with Crippen molar-refractivity contribution in [2.45, 2.75) is 27.2 Å². The van der Waals surface area contributed by atoms with E-state index >= 15 is 0 Å². The van der Waals surface area contributed by atoms with Crippen molar-refractivity contribution < 1.29 is 9.53 Å². The van der Waals surface area contributed by atoms with E-state index in [0.29, 0.717) is 25.0 Å². The summed E-state index contributed by atoms with van der Waals surface area (Å²) in [6.45, 7) is 9.36. The second-order valence-corrected chi connectivity index (χ2v) is 5.21. The molecule has 0 heterocycles. The highest BCUT2D eigenvalue weighted by atomic mass is 127. The number of halogens is 1. The Bertz CT molecular complexity index is 297. The van der Waals surface area contributed by atoms with E-state index < -0.39 is 0 Å². The normalized spacial score (nSPS) is 11.0. The lowest BCUT2D eigenvalue weighted by molar-refractivity contribution is -0.127. The molecule has 6 nitrogen and oxygen atoms in total. The van der Waals surface area contributed by atoms with Crippen molar-refractivity contribution in [2.75, 3.05) is 46.9 Å². The van der Waals surface area contributed by atoms with E-state index in [4.69, 9.17) is 4.74 Å². The summed E-state index contributed by atoms with van der Waals surface area (Å²) in [5, 5.41) is 6.24. The summed E-state index contributed by atoms with van der Waals surface area (Å²) in [4.78, 5) is 17.2. The van der Waals surface area contributed by atoms with Crippen molar-refractivity contribution in [2.24, 2.45) is 10.9 Å². The number of hydrogen-bond donors (Lipinski definition) is 2. The molecule has 0 bridgehead atoms. The third-order valence-corrected chi connectivity index (χ3v) is 2.59. The van der Waals surface area contributed by atoms with E-state index in [1.165, 1.54) is 4.90 Å². The Morgan fingerprint density at radius 2 is 1.90 bits per heavy atom. The predicted octanol–water partition coefficient (Wildman–Crippen LogP) is 1.31. The zero-order valence-electron chi connectivity index (χ0n) is 13.9. The Labute approximate surface area is 146 Å². The summed E-state index contributed by atoms with van der Waals surface area (Å²) in [5.41, 5.74) is 0. The number of guanidine groups is 1. The third kappa shape index (κ3) is 14.1. The number of likely N-dealkylation sites (N-methyl/N-ethyl adjacent to an activating group) is 1. The molecule has 0 saturated carbocycles. The van der Waals surface area contributed by atoms with E-state index in [2.05, 4.69) is 29.5 Å². The fourth-order valence-corrected chi connectivity index (χ4v) is 1.29. The van der Waals surface area contributed by atoms with Crippen LogP contribution in [0.25, 0.3) is 0 Å². The summed E-state index contributed by atoms with van der Waals surface area (Å²) >= 11 is 0. The molecular formula is C14H31IN4O2. The average molecular weight is 414 g/mol. The van der Waals surface area contributed by atoms with Crippen LogP contribution in [0.3, 0.4) is 0 Å². The monoisotopic (exact) mass is 414 g/mol. The SMILES string of the molecule is CCNC(=NCC(=O)N(C)C)NCCOCCC(C)C.I. The first-order valence-electron chi connectivity index (χ1n) is 7.27. The van der Waals surface area contributed by atoms with Gasteiger partial charge in [0.25, 0.3) is 0 Å². The molecule has 0 spiro atoms. The van der Waals surface area contributed by atoms with Gasteiger partial charge in [0.2, 0.25) is 5.91 Å². The Hall–Kier alpha value is -0.570. The second kappa shape index (κ2) is 14.4. The number of hydrogen-bond acceptors (Lipinski definition) is 3. The first kappa shape index (κ1) is 22.7. The van der Waals surface area contributed by atoms with Crippen LogP contribution in [0.5, 0.6) is 0 Å². The molecule has 0 aromatic rings. The molecule has 0 aromatic carbocycles. The molecular weight excluding hydrogens is 383 g/mol. The van der Waals surface area contributed by atoms with Crippen LogP contribution >= 0.6 is 24.0 Å². The lowest BCUT2D eigenvalue weighted by Crippen LogP contribution is -2.40. The quantitative estimate of drug-likeness (QED) is 0.259. The van der Waals surface area contributed by atoms with Crippen molar-refractivity contribution >= 4 is 35.8 Å². The molecule has 2 N–H and O–H groups in total. The van der Waals surface area contributed by atoms with E-state index in [1.54, 1.807) is 14.1 Å². The van der Waals surface area contributed by atoms with Gasteiger partial charge in [-0.2, -0.15) is 0 Å². The minimum absolute atomic E-state index is 0. The van der Waals surface area contributed by atoms with Gasteiger partial charge in [0.1, 0.15) is 6.54 Å². The maximum Gasteiger partial charge on any atom is 0.243 e. The fraction of sp³-hybridized carbons (Fsp3) is 0.857. The minimum atomic E-state index is -0.0182. The van der Waals surface area contributed by atoms with Crippen LogP contribution in [-0.4, -0.2) is 63.7 Å². The Morgan fingerprint density at radius 1 is 1.24 bits per heavy atom. The smallest absolute Gasteiger partial charge is 0.243 e. The fourth-order valence-electron chi connectivity index (χ4n) is 1.29. The lowest BCUT2D eigenvalue weighted by atomic mass is 10.1. The second-order valence-electron chi connectivity index (χ2n) is 5.21. The van der Waals surface area contributed by atoms with Gasteiger partial charge in [0.15, 0.2) is 5.96 Å². The first-order valence-corrected chi connectivity index (χ1v) is 7.27. The lowest BCUT2D eigenvalue weighted by Gasteiger charge is -2.13. The van der Waals surface area contributed by atoms with Gasteiger partial charge >= 0.3 is 0 Å². The van der Waals surface area contributed by atoms with Gasteiger partial charge in [0, 0.05) is 33.8 Å². The topological polar surface area (TPSA) is 66.0 Å². The van der Waals surface area contributed by atoms with Crippen molar-refractivity contribution in [1.82, 2.24) is 15.5 Å². The van der Waals surface area contributed by atoms with E-state index in [-0.39, 0.29) is 36.4 Å². The highest BCUT2D eigenvalue weighted by molar-refractivity contribution is 14.0. The summed E-state index contributed by atoms with van der Waals surface area (Å²) < 4.78 is 5.52. The summed E-state index contributed by atoms with van der Waals surface area (Å²) in [7, 11) is 3.45. The number of ether oxygens (including phenoxy) is 1. The number of amides is 1. The van der Waals surface area contributed by atoms with Crippen molar-refractivity contribution in [3.05, 3.63) is 0 Å². The highest BCUT2D eigenvalue weighted by Crippen LogP contribution is 1.98. The molecule has 0 atom stereocenters. The summed E-state index contributed by atoms with van der Waals surface area (Å²) in [6, 6.07) is 0. The molecule has 0 aliphatic heterocycles. The maximum atomic E-state index is 11.5. The Balaban J connectivity index is 0. The van der Waals surface area contributed by atoms with Crippen LogP contribution in [0.1, 0.15) is 27.2 Å². The van der Waals surface area contributed by atoms with Gasteiger partial charge in [-0.3, -0.25) is 4.79 Å². The van der Waals surface area contributed by atoms with Gasteiger partial charge in [0.05, 0.1) is 6.61 Å². The number of nitrogens with zero attached hydrogens (tertiary/aromatic N) is 2. The van der Waals surface area contributed by atoms with Crippen molar-refractivity contribution in [1.29, 1.82) is 0 Å². The average Bonchev–Trinajstić information content (AvgIpc) is 2.38. The zero-order chi connectivity index (χ0) is 15.4. The Morgan fingerprint density at radius 3 is 2.43 bits per heavy atom. The van der Waals surface area contributed by atoms with Gasteiger partial charge in [-0.1, -0.05) is 13.8 Å². The number of carbonyl (C=O) groups excluding carboxylic acids is 1. The van der Waals surface area contributed by atoms with Gasteiger partial charge in [-0.15, -0.1) is 24.0 Å². The van der Waals surface area contributed by atoms with Gasteiger partial charge < -0.3 is 20.3 Å². The molecule has 0 aliphatic rings. The van der Waals surface area contributed by atoms with E-state index in [1.807, 2.05) is 6.92 Å². The molecule has 21 heavy (non-hydrogen) atoms.